The molecule has 0 saturated carbocycles. The van der Waals surface area contributed by atoms with Gasteiger partial charge < -0.3 is 0 Å². The molecule has 1 aromatic carbocycles. The van der Waals surface area contributed by atoms with Crippen LogP contribution in [0.25, 0.3) is 0 Å². The second kappa shape index (κ2) is 4.35. The number of aryl methyl sites for hydroxylation is 1. The highest BCUT2D eigenvalue weighted by Gasteiger charge is 2.02. The molecule has 1 rings (SSSR count). The third kappa shape index (κ3) is 3.13. The van der Waals surface area contributed by atoms with E-state index in [0.717, 1.165) is 18.4 Å². The molecule has 1 aromatic rings. The van der Waals surface area contributed by atoms with Gasteiger partial charge in [0.15, 0.2) is 11.6 Å². The van der Waals surface area contributed by atoms with Crippen molar-refractivity contribution in [2.24, 2.45) is 5.92 Å². The number of halogens is 2. The lowest BCUT2D eigenvalue weighted by atomic mass is 10.0. The van der Waals surface area contributed by atoms with E-state index in [1.807, 2.05) is 0 Å². The molecular formula is C11H14F2. The lowest BCUT2D eigenvalue weighted by molar-refractivity contribution is 0.505. The predicted molar refractivity (Wildman–Crippen MR) is 49.5 cm³/mol. The molecule has 0 aliphatic heterocycles. The molecule has 0 atom stereocenters. The largest absolute Gasteiger partial charge is 0.204 e. The van der Waals surface area contributed by atoms with Gasteiger partial charge in [0, 0.05) is 0 Å². The third-order valence-corrected chi connectivity index (χ3v) is 1.99. The topological polar surface area (TPSA) is 0 Å². The minimum absolute atomic E-state index is 0.591. The van der Waals surface area contributed by atoms with Crippen molar-refractivity contribution >= 4 is 0 Å². The summed E-state index contributed by atoms with van der Waals surface area (Å²) in [5, 5.41) is 0. The van der Waals surface area contributed by atoms with Crippen molar-refractivity contribution in [3.63, 3.8) is 0 Å². The van der Waals surface area contributed by atoms with Crippen molar-refractivity contribution in [3.05, 3.63) is 35.4 Å². The van der Waals surface area contributed by atoms with Crippen molar-refractivity contribution in [2.75, 3.05) is 0 Å². The van der Waals surface area contributed by atoms with Gasteiger partial charge in [-0.1, -0.05) is 19.9 Å². The zero-order valence-electron chi connectivity index (χ0n) is 7.98. The van der Waals surface area contributed by atoms with Gasteiger partial charge in [-0.15, -0.1) is 0 Å². The number of hydrogen-bond donors (Lipinski definition) is 0. The summed E-state index contributed by atoms with van der Waals surface area (Å²) in [5.74, 6) is -0.928. The second-order valence-electron chi connectivity index (χ2n) is 3.68. The Hall–Kier alpha value is -0.920. The van der Waals surface area contributed by atoms with Crippen LogP contribution in [0, 0.1) is 17.6 Å². The van der Waals surface area contributed by atoms with Crippen LogP contribution in [0.2, 0.25) is 0 Å². The number of rotatable bonds is 3. The molecule has 0 radical (unpaired) electrons. The number of benzene rings is 1. The summed E-state index contributed by atoms with van der Waals surface area (Å²) < 4.78 is 25.3. The standard InChI is InChI=1S/C11H14F2/c1-8(2)3-4-9-5-6-10(12)11(13)7-9/h5-8H,3-4H2,1-2H3. The molecule has 0 aromatic heterocycles. The van der Waals surface area contributed by atoms with Crippen LogP contribution >= 0.6 is 0 Å². The lowest BCUT2D eigenvalue weighted by Crippen LogP contribution is -1.94. The molecule has 0 saturated heterocycles. The first-order valence-corrected chi connectivity index (χ1v) is 4.53. The van der Waals surface area contributed by atoms with E-state index in [4.69, 9.17) is 0 Å². The molecule has 0 aliphatic carbocycles. The Morgan fingerprint density at radius 1 is 1.15 bits per heavy atom. The second-order valence-corrected chi connectivity index (χ2v) is 3.68. The first kappa shape index (κ1) is 10.2. The van der Waals surface area contributed by atoms with Crippen LogP contribution in [0.4, 0.5) is 8.78 Å². The quantitative estimate of drug-likeness (QED) is 0.673. The van der Waals surface area contributed by atoms with Gasteiger partial charge in [-0.05, 0) is 36.5 Å². The van der Waals surface area contributed by atoms with E-state index in [0.29, 0.717) is 5.92 Å². The fourth-order valence-corrected chi connectivity index (χ4v) is 1.15. The Balaban J connectivity index is 2.63. The maximum atomic E-state index is 12.7. The molecule has 0 aliphatic rings. The van der Waals surface area contributed by atoms with Crippen LogP contribution < -0.4 is 0 Å². The molecule has 0 fully saturated rings. The lowest BCUT2D eigenvalue weighted by Gasteiger charge is -2.04. The van der Waals surface area contributed by atoms with Crippen molar-refractivity contribution in [1.29, 1.82) is 0 Å². The molecule has 0 N–H and O–H groups in total. The molecular weight excluding hydrogens is 170 g/mol. The summed E-state index contributed by atoms with van der Waals surface area (Å²) in [5.41, 5.74) is 0.868. The van der Waals surface area contributed by atoms with E-state index in [1.54, 1.807) is 6.07 Å². The summed E-state index contributed by atoms with van der Waals surface area (Å²) in [6, 6.07) is 4.10. The molecule has 13 heavy (non-hydrogen) atoms. The Kier molecular flexibility index (Phi) is 3.40. The van der Waals surface area contributed by atoms with E-state index >= 15 is 0 Å². The molecule has 2 heteroatoms. The minimum Gasteiger partial charge on any atom is -0.204 e. The Labute approximate surface area is 77.6 Å². The van der Waals surface area contributed by atoms with Crippen molar-refractivity contribution in [3.8, 4) is 0 Å². The summed E-state index contributed by atoms with van der Waals surface area (Å²) in [4.78, 5) is 0. The average molecular weight is 184 g/mol. The molecule has 0 bridgehead atoms. The van der Waals surface area contributed by atoms with Gasteiger partial charge in [0.2, 0.25) is 0 Å². The highest BCUT2D eigenvalue weighted by Crippen LogP contribution is 2.12. The van der Waals surface area contributed by atoms with Gasteiger partial charge in [-0.25, -0.2) is 8.78 Å². The van der Waals surface area contributed by atoms with Crippen molar-refractivity contribution in [2.45, 2.75) is 26.7 Å². The number of hydrogen-bond acceptors (Lipinski definition) is 0. The summed E-state index contributed by atoms with van der Waals surface area (Å²) in [6.45, 7) is 4.22. The smallest absolute Gasteiger partial charge is 0.159 e. The Morgan fingerprint density at radius 3 is 2.38 bits per heavy atom. The first-order valence-electron chi connectivity index (χ1n) is 4.53. The van der Waals surface area contributed by atoms with Crippen LogP contribution in [0.3, 0.4) is 0 Å². The average Bonchev–Trinajstić information content (AvgIpc) is 2.07. The van der Waals surface area contributed by atoms with Crippen LogP contribution in [0.15, 0.2) is 18.2 Å². The van der Waals surface area contributed by atoms with Crippen LogP contribution in [0.1, 0.15) is 25.8 Å². The van der Waals surface area contributed by atoms with Crippen LogP contribution in [-0.2, 0) is 6.42 Å². The van der Waals surface area contributed by atoms with E-state index in [-0.39, 0.29) is 0 Å². The summed E-state index contributed by atoms with van der Waals surface area (Å²) >= 11 is 0. The summed E-state index contributed by atoms with van der Waals surface area (Å²) in [7, 11) is 0. The van der Waals surface area contributed by atoms with Gasteiger partial charge in [0.1, 0.15) is 0 Å². The maximum Gasteiger partial charge on any atom is 0.159 e. The van der Waals surface area contributed by atoms with E-state index in [1.165, 1.54) is 12.1 Å². The fourth-order valence-electron chi connectivity index (χ4n) is 1.15. The highest BCUT2D eigenvalue weighted by atomic mass is 19.2. The molecule has 0 unspecified atom stereocenters. The third-order valence-electron chi connectivity index (χ3n) is 1.99. The van der Waals surface area contributed by atoms with Crippen molar-refractivity contribution < 1.29 is 8.78 Å². The molecule has 72 valence electrons. The van der Waals surface area contributed by atoms with Crippen LogP contribution in [0.5, 0.6) is 0 Å². The first-order chi connectivity index (χ1) is 6.09. The van der Waals surface area contributed by atoms with Gasteiger partial charge in [-0.2, -0.15) is 0 Å². The summed E-state index contributed by atoms with van der Waals surface area (Å²) in [6.07, 6.45) is 1.82. The molecule has 0 heterocycles. The van der Waals surface area contributed by atoms with E-state index in [2.05, 4.69) is 13.8 Å². The predicted octanol–water partition coefficient (Wildman–Crippen LogP) is 3.55. The van der Waals surface area contributed by atoms with Gasteiger partial charge in [0.05, 0.1) is 0 Å². The maximum absolute atomic E-state index is 12.7. The molecule has 0 amide bonds. The monoisotopic (exact) mass is 184 g/mol. The minimum atomic E-state index is -0.770. The highest BCUT2D eigenvalue weighted by molar-refractivity contribution is 5.17. The molecule has 0 nitrogen and oxygen atoms in total. The molecule has 0 spiro atoms. The Morgan fingerprint density at radius 2 is 1.85 bits per heavy atom. The zero-order valence-corrected chi connectivity index (χ0v) is 7.98. The van der Waals surface area contributed by atoms with E-state index < -0.39 is 11.6 Å². The van der Waals surface area contributed by atoms with Crippen molar-refractivity contribution in [1.82, 2.24) is 0 Å². The normalized spacial score (nSPS) is 10.8. The van der Waals surface area contributed by atoms with E-state index in [9.17, 15) is 8.78 Å². The van der Waals surface area contributed by atoms with Gasteiger partial charge >= 0.3 is 0 Å². The van der Waals surface area contributed by atoms with Gasteiger partial charge in [0.25, 0.3) is 0 Å². The SMILES string of the molecule is CC(C)CCc1ccc(F)c(F)c1. The fraction of sp³-hybridized carbons (Fsp3) is 0.455. The zero-order chi connectivity index (χ0) is 9.84. The Bertz CT molecular complexity index is 279. The van der Waals surface area contributed by atoms with Gasteiger partial charge in [-0.3, -0.25) is 0 Å². The van der Waals surface area contributed by atoms with Crippen LogP contribution in [-0.4, -0.2) is 0 Å².